The molecule has 1 unspecified atom stereocenters. The van der Waals surface area contributed by atoms with Crippen molar-refractivity contribution in [3.05, 3.63) is 40.7 Å². The molecule has 3 aliphatic rings. The standard InChI is InChI=1S/C22H29N5O5S/c1-26-11-16(10-23-26)27(12-18-9-17(28)13-32-18)33(30,31)25-22(29)24-21-19-6-2-4-14(19)8-15-5-3-7-20(15)21/h8,10-11,17-18,28H,2-7,9,12-13H2,1H3,(H2,24,25,29)/p-1/t17-,18?/m0/s1. The van der Waals surface area contributed by atoms with Crippen LogP contribution in [0.5, 0.6) is 0 Å². The van der Waals surface area contributed by atoms with Crippen LogP contribution in [0.25, 0.3) is 0 Å². The number of nitrogens with one attached hydrogen (secondary N) is 1. The molecule has 2 atom stereocenters. The third-order valence-corrected chi connectivity index (χ3v) is 7.90. The second kappa shape index (κ2) is 8.62. The second-order valence-corrected chi connectivity index (χ2v) is 10.5. The predicted octanol–water partition coefficient (Wildman–Crippen LogP) is 0.427. The Morgan fingerprint density at radius 2 is 2.00 bits per heavy atom. The molecule has 5 rings (SSSR count). The molecule has 2 aliphatic carbocycles. The number of rotatable bonds is 6. The summed E-state index contributed by atoms with van der Waals surface area (Å²) in [5.74, 6) is 0. The van der Waals surface area contributed by atoms with Crippen LogP contribution >= 0.6 is 0 Å². The van der Waals surface area contributed by atoms with Crippen molar-refractivity contribution in [2.24, 2.45) is 11.4 Å². The minimum atomic E-state index is -4.38. The van der Waals surface area contributed by atoms with Gasteiger partial charge in [0.2, 0.25) is 0 Å². The van der Waals surface area contributed by atoms with Crippen LogP contribution in [0.2, 0.25) is 0 Å². The summed E-state index contributed by atoms with van der Waals surface area (Å²) in [7, 11) is -2.71. The first-order valence-corrected chi connectivity index (χ1v) is 12.7. The van der Waals surface area contributed by atoms with Gasteiger partial charge in [-0.3, -0.25) is 4.68 Å². The highest BCUT2D eigenvalue weighted by Gasteiger charge is 2.32. The van der Waals surface area contributed by atoms with Gasteiger partial charge in [0.1, 0.15) is 0 Å². The summed E-state index contributed by atoms with van der Waals surface area (Å²) >= 11 is 0. The van der Waals surface area contributed by atoms with E-state index < -0.39 is 28.4 Å². The number of nitrogens with zero attached hydrogens (tertiary/aromatic N) is 4. The molecule has 0 radical (unpaired) electrons. The smallest absolute Gasteiger partial charge is 0.345 e. The van der Waals surface area contributed by atoms with Gasteiger partial charge in [-0.1, -0.05) is 6.07 Å². The maximum absolute atomic E-state index is 13.2. The molecular weight excluding hydrogens is 446 g/mol. The summed E-state index contributed by atoms with van der Waals surface area (Å²) in [5.41, 5.74) is 5.71. The Hall–Kier alpha value is -2.63. The number of fused-ring (bicyclic) bond motifs is 2. The summed E-state index contributed by atoms with van der Waals surface area (Å²) in [6, 6.07) is 1.33. The number of hydrogen-bond acceptors (Lipinski definition) is 6. The molecule has 0 amide bonds. The fraction of sp³-hybridized carbons (Fsp3) is 0.545. The SMILES string of the molecule is Cn1cc(N(CC2C[C@H](O)CO2)S(=O)(=O)/N=C(\[O-])Nc2c3c(cc4c2CCC4)CCC3)cn1. The molecule has 1 aromatic heterocycles. The van der Waals surface area contributed by atoms with Crippen LogP contribution < -0.4 is 14.7 Å². The maximum atomic E-state index is 13.2. The first-order chi connectivity index (χ1) is 15.8. The number of aliphatic hydroxyl groups excluding tert-OH is 1. The van der Waals surface area contributed by atoms with Crippen LogP contribution in [-0.4, -0.2) is 54.7 Å². The molecule has 2 heterocycles. The highest BCUT2D eigenvalue weighted by atomic mass is 32.2. The number of aliphatic hydroxyl groups is 1. The lowest BCUT2D eigenvalue weighted by molar-refractivity contribution is -0.213. The van der Waals surface area contributed by atoms with E-state index in [9.17, 15) is 18.6 Å². The van der Waals surface area contributed by atoms with Crippen LogP contribution in [0.3, 0.4) is 0 Å². The fourth-order valence-electron chi connectivity index (χ4n) is 5.12. The van der Waals surface area contributed by atoms with Crippen molar-refractivity contribution < 1.29 is 23.4 Å². The lowest BCUT2D eigenvalue weighted by Crippen LogP contribution is -2.39. The molecule has 1 fully saturated rings. The number of benzene rings is 1. The van der Waals surface area contributed by atoms with Gasteiger partial charge < -0.3 is 20.3 Å². The fourth-order valence-corrected chi connectivity index (χ4v) is 6.19. The highest BCUT2D eigenvalue weighted by Crippen LogP contribution is 2.38. The Balaban J connectivity index is 1.44. The van der Waals surface area contributed by atoms with Crippen molar-refractivity contribution in [2.75, 3.05) is 22.8 Å². The van der Waals surface area contributed by atoms with E-state index in [1.807, 2.05) is 0 Å². The molecule has 178 valence electrons. The zero-order valence-electron chi connectivity index (χ0n) is 18.5. The third kappa shape index (κ3) is 4.44. The molecule has 1 saturated heterocycles. The number of hydrogen-bond donors (Lipinski definition) is 2. The molecule has 0 spiro atoms. The topological polar surface area (TPSA) is 132 Å². The Bertz CT molecular complexity index is 1160. The van der Waals surface area contributed by atoms with E-state index >= 15 is 0 Å². The molecule has 11 heteroatoms. The van der Waals surface area contributed by atoms with Crippen molar-refractivity contribution in [3.8, 4) is 0 Å². The molecule has 1 aromatic carbocycles. The molecule has 2 aromatic rings. The van der Waals surface area contributed by atoms with Gasteiger partial charge in [-0.05, 0) is 60.8 Å². The zero-order valence-corrected chi connectivity index (χ0v) is 19.3. The lowest BCUT2D eigenvalue weighted by atomic mass is 9.99. The van der Waals surface area contributed by atoms with Crippen molar-refractivity contribution in [1.29, 1.82) is 0 Å². The molecule has 2 N–H and O–H groups in total. The number of ether oxygens (including phenoxy) is 1. The number of amidine groups is 1. The van der Waals surface area contributed by atoms with Gasteiger partial charge in [0.25, 0.3) is 0 Å². The summed E-state index contributed by atoms with van der Waals surface area (Å²) in [5, 5.41) is 29.5. The predicted molar refractivity (Wildman–Crippen MR) is 121 cm³/mol. The molecule has 33 heavy (non-hydrogen) atoms. The highest BCUT2D eigenvalue weighted by molar-refractivity contribution is 7.91. The monoisotopic (exact) mass is 474 g/mol. The molecule has 0 bridgehead atoms. The van der Waals surface area contributed by atoms with Gasteiger partial charge in [0.05, 0.1) is 43.3 Å². The Morgan fingerprint density at radius 3 is 2.58 bits per heavy atom. The second-order valence-electron chi connectivity index (χ2n) is 8.98. The number of aryl methyl sites for hydroxylation is 3. The summed E-state index contributed by atoms with van der Waals surface area (Å²) < 4.78 is 38.0. The van der Waals surface area contributed by atoms with Gasteiger partial charge in [-0.25, -0.2) is 4.31 Å². The minimum Gasteiger partial charge on any atom is -0.845 e. The average Bonchev–Trinajstić information content (AvgIpc) is 3.53. The number of anilines is 2. The minimum absolute atomic E-state index is 0.0714. The van der Waals surface area contributed by atoms with Gasteiger partial charge in [-0.2, -0.15) is 13.5 Å². The van der Waals surface area contributed by atoms with Crippen molar-refractivity contribution in [3.63, 3.8) is 0 Å². The van der Waals surface area contributed by atoms with E-state index in [0.29, 0.717) is 6.42 Å². The third-order valence-electron chi connectivity index (χ3n) is 6.59. The van der Waals surface area contributed by atoms with Crippen molar-refractivity contribution in [2.45, 2.75) is 57.2 Å². The molecule has 10 nitrogen and oxygen atoms in total. The van der Waals surface area contributed by atoms with E-state index in [2.05, 4.69) is 20.9 Å². The van der Waals surface area contributed by atoms with Crippen LogP contribution in [0, 0.1) is 0 Å². The molecule has 0 saturated carbocycles. The van der Waals surface area contributed by atoms with E-state index in [0.717, 1.165) is 59.6 Å². The van der Waals surface area contributed by atoms with E-state index in [-0.39, 0.29) is 18.8 Å². The Kier molecular flexibility index (Phi) is 5.79. The molecular formula is C22H28N5O5S-. The van der Waals surface area contributed by atoms with Crippen molar-refractivity contribution in [1.82, 2.24) is 9.78 Å². The first kappa shape index (κ1) is 22.2. The van der Waals surface area contributed by atoms with Gasteiger partial charge in [-0.15, -0.1) is 4.40 Å². The summed E-state index contributed by atoms with van der Waals surface area (Å²) in [6.45, 7) is 0.0749. The quantitative estimate of drug-likeness (QED) is 0.458. The van der Waals surface area contributed by atoms with E-state index in [1.54, 1.807) is 7.05 Å². The van der Waals surface area contributed by atoms with Crippen LogP contribution in [-0.2, 0) is 47.7 Å². The zero-order chi connectivity index (χ0) is 23.2. The Morgan fingerprint density at radius 1 is 1.30 bits per heavy atom. The van der Waals surface area contributed by atoms with E-state index in [4.69, 9.17) is 4.74 Å². The normalized spacial score (nSPS) is 22.4. The number of aromatic nitrogens is 2. The molecule has 1 aliphatic heterocycles. The van der Waals surface area contributed by atoms with Crippen LogP contribution in [0.1, 0.15) is 41.5 Å². The summed E-state index contributed by atoms with van der Waals surface area (Å²) in [6.07, 6.45) is 7.83. The largest absolute Gasteiger partial charge is 0.845 e. The van der Waals surface area contributed by atoms with Crippen molar-refractivity contribution >= 4 is 27.6 Å². The van der Waals surface area contributed by atoms with E-state index in [1.165, 1.54) is 28.2 Å². The Labute approximate surface area is 193 Å². The van der Waals surface area contributed by atoms with Crippen LogP contribution in [0.15, 0.2) is 22.9 Å². The van der Waals surface area contributed by atoms with Gasteiger partial charge in [0, 0.05) is 25.4 Å². The van der Waals surface area contributed by atoms with Gasteiger partial charge >= 0.3 is 10.2 Å². The summed E-state index contributed by atoms with van der Waals surface area (Å²) in [4.78, 5) is 0. The average molecular weight is 475 g/mol. The first-order valence-electron chi connectivity index (χ1n) is 11.3. The lowest BCUT2D eigenvalue weighted by Gasteiger charge is -2.25. The van der Waals surface area contributed by atoms with Gasteiger partial charge in [0.15, 0.2) is 0 Å². The maximum Gasteiger partial charge on any atom is 0.345 e. The van der Waals surface area contributed by atoms with Crippen LogP contribution in [0.4, 0.5) is 11.4 Å².